The molecule has 0 saturated carbocycles. The lowest BCUT2D eigenvalue weighted by atomic mass is 10.0. The largest absolute Gasteiger partial charge is 0.378 e. The molecule has 1 saturated heterocycles. The Morgan fingerprint density at radius 2 is 1.85 bits per heavy atom. The van der Waals surface area contributed by atoms with Crippen molar-refractivity contribution in [2.24, 2.45) is 0 Å². The first-order chi connectivity index (χ1) is 9.88. The Labute approximate surface area is 118 Å². The van der Waals surface area contributed by atoms with Gasteiger partial charge in [-0.1, -0.05) is 12.1 Å². The van der Waals surface area contributed by atoms with Crippen LogP contribution in [0.15, 0.2) is 42.7 Å². The number of morpholine rings is 1. The van der Waals surface area contributed by atoms with Crippen molar-refractivity contribution in [2.75, 3.05) is 31.2 Å². The smallest absolute Gasteiger partial charge is 0.101 e. The van der Waals surface area contributed by atoms with Gasteiger partial charge in [-0.2, -0.15) is 5.26 Å². The Morgan fingerprint density at radius 3 is 2.55 bits per heavy atom. The highest BCUT2D eigenvalue weighted by atomic mass is 16.5. The molecular weight excluding hydrogens is 250 g/mol. The van der Waals surface area contributed by atoms with Gasteiger partial charge >= 0.3 is 0 Å². The second-order valence-electron chi connectivity index (χ2n) is 4.68. The monoisotopic (exact) mass is 265 g/mol. The highest BCUT2D eigenvalue weighted by Gasteiger charge is 2.11. The van der Waals surface area contributed by atoms with Crippen LogP contribution in [0.25, 0.3) is 11.1 Å². The fourth-order valence-corrected chi connectivity index (χ4v) is 2.41. The SMILES string of the molecule is N#Cc1cnccc1-c1ccc(N2CCOCC2)cc1. The van der Waals surface area contributed by atoms with Crippen LogP contribution in [0.5, 0.6) is 0 Å². The van der Waals surface area contributed by atoms with E-state index < -0.39 is 0 Å². The first kappa shape index (κ1) is 12.6. The summed E-state index contributed by atoms with van der Waals surface area (Å²) in [4.78, 5) is 6.30. The van der Waals surface area contributed by atoms with Crippen LogP contribution in [0.1, 0.15) is 5.56 Å². The van der Waals surface area contributed by atoms with Crippen LogP contribution in [0.3, 0.4) is 0 Å². The maximum absolute atomic E-state index is 9.13. The topological polar surface area (TPSA) is 49.2 Å². The number of benzene rings is 1. The van der Waals surface area contributed by atoms with E-state index in [9.17, 15) is 0 Å². The van der Waals surface area contributed by atoms with E-state index in [1.807, 2.05) is 6.07 Å². The highest BCUT2D eigenvalue weighted by molar-refractivity contribution is 5.71. The number of aromatic nitrogens is 1. The number of ether oxygens (including phenoxy) is 1. The Balaban J connectivity index is 1.87. The summed E-state index contributed by atoms with van der Waals surface area (Å²) < 4.78 is 5.36. The van der Waals surface area contributed by atoms with Gasteiger partial charge in [0.15, 0.2) is 0 Å². The normalized spacial score (nSPS) is 14.8. The van der Waals surface area contributed by atoms with Crippen molar-refractivity contribution in [1.82, 2.24) is 4.98 Å². The Morgan fingerprint density at radius 1 is 1.10 bits per heavy atom. The van der Waals surface area contributed by atoms with E-state index in [0.717, 1.165) is 37.4 Å². The van der Waals surface area contributed by atoms with Gasteiger partial charge in [-0.3, -0.25) is 4.98 Å². The minimum absolute atomic E-state index is 0.603. The van der Waals surface area contributed by atoms with E-state index in [0.29, 0.717) is 5.56 Å². The molecule has 4 heteroatoms. The van der Waals surface area contributed by atoms with E-state index in [2.05, 4.69) is 40.2 Å². The van der Waals surface area contributed by atoms with Crippen LogP contribution in [-0.4, -0.2) is 31.3 Å². The number of anilines is 1. The Hall–Kier alpha value is -2.38. The maximum Gasteiger partial charge on any atom is 0.101 e. The summed E-state index contributed by atoms with van der Waals surface area (Å²) >= 11 is 0. The van der Waals surface area contributed by atoms with Gasteiger partial charge in [0.05, 0.1) is 18.8 Å². The van der Waals surface area contributed by atoms with Gasteiger partial charge in [0.2, 0.25) is 0 Å². The molecule has 0 atom stereocenters. The summed E-state index contributed by atoms with van der Waals surface area (Å²) in [6.45, 7) is 3.42. The molecular formula is C16H15N3O. The van der Waals surface area contributed by atoms with Crippen LogP contribution in [0.2, 0.25) is 0 Å². The van der Waals surface area contributed by atoms with Crippen LogP contribution in [-0.2, 0) is 4.74 Å². The molecule has 2 aromatic rings. The molecule has 0 unspecified atom stereocenters. The first-order valence-electron chi connectivity index (χ1n) is 6.66. The van der Waals surface area contributed by atoms with Crippen molar-refractivity contribution in [3.8, 4) is 17.2 Å². The van der Waals surface area contributed by atoms with Crippen molar-refractivity contribution in [1.29, 1.82) is 5.26 Å². The van der Waals surface area contributed by atoms with Crippen molar-refractivity contribution >= 4 is 5.69 Å². The summed E-state index contributed by atoms with van der Waals surface area (Å²) in [5.41, 5.74) is 3.77. The van der Waals surface area contributed by atoms with Gasteiger partial charge in [-0.15, -0.1) is 0 Å². The molecule has 0 amide bonds. The standard InChI is InChI=1S/C16H15N3O/c17-11-14-12-18-6-5-16(14)13-1-3-15(4-2-13)19-7-9-20-10-8-19/h1-6,12H,7-10H2. The number of hydrogen-bond acceptors (Lipinski definition) is 4. The van der Waals surface area contributed by atoms with Gasteiger partial charge in [-0.25, -0.2) is 0 Å². The number of hydrogen-bond donors (Lipinski definition) is 0. The zero-order chi connectivity index (χ0) is 13.8. The maximum atomic E-state index is 9.13. The van der Waals surface area contributed by atoms with Crippen LogP contribution in [0, 0.1) is 11.3 Å². The molecule has 2 heterocycles. The minimum atomic E-state index is 0.603. The van der Waals surface area contributed by atoms with Crippen molar-refractivity contribution in [3.63, 3.8) is 0 Å². The average molecular weight is 265 g/mol. The summed E-state index contributed by atoms with van der Waals surface area (Å²) in [5.74, 6) is 0. The summed E-state index contributed by atoms with van der Waals surface area (Å²) in [5, 5.41) is 9.13. The molecule has 0 aliphatic carbocycles. The number of rotatable bonds is 2. The molecule has 100 valence electrons. The fourth-order valence-electron chi connectivity index (χ4n) is 2.41. The third-order valence-corrected chi connectivity index (χ3v) is 3.50. The Bertz CT molecular complexity index is 625. The lowest BCUT2D eigenvalue weighted by Crippen LogP contribution is -2.36. The predicted octanol–water partition coefficient (Wildman–Crippen LogP) is 2.46. The first-order valence-corrected chi connectivity index (χ1v) is 6.66. The lowest BCUT2D eigenvalue weighted by Gasteiger charge is -2.28. The molecule has 3 rings (SSSR count). The van der Waals surface area contributed by atoms with Crippen LogP contribution >= 0.6 is 0 Å². The van der Waals surface area contributed by atoms with Crippen molar-refractivity contribution < 1.29 is 4.74 Å². The predicted molar refractivity (Wildman–Crippen MR) is 77.4 cm³/mol. The number of nitrogens with zero attached hydrogens (tertiary/aromatic N) is 3. The van der Waals surface area contributed by atoms with Crippen LogP contribution < -0.4 is 4.90 Å². The molecule has 0 spiro atoms. The molecule has 0 radical (unpaired) electrons. The zero-order valence-electron chi connectivity index (χ0n) is 11.1. The average Bonchev–Trinajstić information content (AvgIpc) is 2.56. The van der Waals surface area contributed by atoms with Gasteiger partial charge in [0.1, 0.15) is 6.07 Å². The molecule has 1 aromatic carbocycles. The Kier molecular flexibility index (Phi) is 3.62. The molecule has 1 aliphatic heterocycles. The molecule has 1 aromatic heterocycles. The fraction of sp³-hybridized carbons (Fsp3) is 0.250. The quantitative estimate of drug-likeness (QED) is 0.837. The van der Waals surface area contributed by atoms with Crippen molar-refractivity contribution in [2.45, 2.75) is 0 Å². The molecule has 20 heavy (non-hydrogen) atoms. The molecule has 1 fully saturated rings. The second-order valence-corrected chi connectivity index (χ2v) is 4.68. The van der Waals surface area contributed by atoms with Gasteiger partial charge < -0.3 is 9.64 Å². The van der Waals surface area contributed by atoms with Gasteiger partial charge in [0, 0.05) is 36.7 Å². The zero-order valence-corrected chi connectivity index (χ0v) is 11.1. The molecule has 0 N–H and O–H groups in total. The molecule has 1 aliphatic rings. The summed E-state index contributed by atoms with van der Waals surface area (Å²) in [6.07, 6.45) is 3.32. The van der Waals surface area contributed by atoms with E-state index in [1.54, 1.807) is 12.4 Å². The summed E-state index contributed by atoms with van der Waals surface area (Å²) in [7, 11) is 0. The van der Waals surface area contributed by atoms with Crippen LogP contribution in [0.4, 0.5) is 5.69 Å². The number of nitriles is 1. The van der Waals surface area contributed by atoms with Gasteiger partial charge in [0.25, 0.3) is 0 Å². The second kappa shape index (κ2) is 5.72. The van der Waals surface area contributed by atoms with E-state index in [-0.39, 0.29) is 0 Å². The van der Waals surface area contributed by atoms with Gasteiger partial charge in [-0.05, 0) is 23.8 Å². The van der Waals surface area contributed by atoms with E-state index in [4.69, 9.17) is 10.00 Å². The van der Waals surface area contributed by atoms with E-state index in [1.165, 1.54) is 5.69 Å². The third-order valence-electron chi connectivity index (χ3n) is 3.50. The van der Waals surface area contributed by atoms with Crippen molar-refractivity contribution in [3.05, 3.63) is 48.3 Å². The highest BCUT2D eigenvalue weighted by Crippen LogP contribution is 2.25. The lowest BCUT2D eigenvalue weighted by molar-refractivity contribution is 0.122. The third kappa shape index (κ3) is 2.49. The number of pyridine rings is 1. The minimum Gasteiger partial charge on any atom is -0.378 e. The molecule has 0 bridgehead atoms. The summed E-state index contributed by atoms with van der Waals surface area (Å²) in [6, 6.07) is 12.4. The molecule has 4 nitrogen and oxygen atoms in total. The van der Waals surface area contributed by atoms with E-state index >= 15 is 0 Å².